The van der Waals surface area contributed by atoms with Gasteiger partial charge in [0.05, 0.1) is 0 Å². The van der Waals surface area contributed by atoms with Crippen molar-refractivity contribution in [3.05, 3.63) is 23.4 Å². The van der Waals surface area contributed by atoms with Crippen LogP contribution in [0.2, 0.25) is 0 Å². The van der Waals surface area contributed by atoms with Crippen molar-refractivity contribution in [1.29, 1.82) is 0 Å². The van der Waals surface area contributed by atoms with Gasteiger partial charge in [0.1, 0.15) is 5.82 Å². The second kappa shape index (κ2) is 3.20. The molecule has 3 nitrogen and oxygen atoms in total. The lowest BCUT2D eigenvalue weighted by Gasteiger charge is -2.09. The largest absolute Gasteiger partial charge is 0.367 e. The van der Waals surface area contributed by atoms with E-state index in [0.717, 1.165) is 17.7 Å². The monoisotopic (exact) mass is 215 g/mol. The molecule has 2 N–H and O–H groups in total. The van der Waals surface area contributed by atoms with E-state index in [-0.39, 0.29) is 0 Å². The van der Waals surface area contributed by atoms with E-state index in [1.165, 1.54) is 43.6 Å². The van der Waals surface area contributed by atoms with Crippen molar-refractivity contribution in [3.8, 4) is 0 Å². The van der Waals surface area contributed by atoms with Crippen LogP contribution >= 0.6 is 0 Å². The number of nitrogens with zero attached hydrogens (tertiary/aromatic N) is 1. The molecule has 2 unspecified atom stereocenters. The molecule has 0 radical (unpaired) electrons. The third kappa shape index (κ3) is 1.27. The minimum absolute atomic E-state index is 0.688. The predicted octanol–water partition coefficient (Wildman–Crippen LogP) is 1.20. The van der Waals surface area contributed by atoms with Gasteiger partial charge in [0.2, 0.25) is 0 Å². The van der Waals surface area contributed by atoms with Gasteiger partial charge in [0.15, 0.2) is 0 Å². The lowest BCUT2D eigenvalue weighted by atomic mass is 10.2. The molecule has 2 aliphatic carbocycles. The number of hydrogen-bond acceptors (Lipinski definition) is 3. The van der Waals surface area contributed by atoms with Crippen LogP contribution in [0.5, 0.6) is 0 Å². The van der Waals surface area contributed by atoms with Gasteiger partial charge in [-0.2, -0.15) is 0 Å². The molecular weight excluding hydrogens is 198 g/mol. The first kappa shape index (κ1) is 8.99. The molecule has 0 aromatic carbocycles. The molecule has 0 spiro atoms. The number of anilines is 1. The topological polar surface area (TPSA) is 37.0 Å². The van der Waals surface area contributed by atoms with Crippen LogP contribution in [-0.4, -0.2) is 24.1 Å². The highest BCUT2D eigenvalue weighted by Crippen LogP contribution is 2.43. The molecular formula is C13H17N3. The average molecular weight is 215 g/mol. The lowest BCUT2D eigenvalue weighted by molar-refractivity contribution is 0.695. The van der Waals surface area contributed by atoms with E-state index in [9.17, 15) is 0 Å². The molecule has 16 heavy (non-hydrogen) atoms. The minimum atomic E-state index is 0.688. The molecule has 2 heterocycles. The van der Waals surface area contributed by atoms with Crippen molar-refractivity contribution >= 4 is 5.82 Å². The quantitative estimate of drug-likeness (QED) is 0.778. The Morgan fingerprint density at radius 3 is 2.94 bits per heavy atom. The fourth-order valence-corrected chi connectivity index (χ4v) is 3.30. The Balaban J connectivity index is 1.51. The number of rotatable bonds is 2. The maximum absolute atomic E-state index is 4.73. The van der Waals surface area contributed by atoms with Crippen molar-refractivity contribution in [3.63, 3.8) is 0 Å². The minimum Gasteiger partial charge on any atom is -0.367 e. The zero-order chi connectivity index (χ0) is 10.5. The number of aryl methyl sites for hydroxylation is 2. The van der Waals surface area contributed by atoms with Crippen LogP contribution in [0.1, 0.15) is 17.7 Å². The van der Waals surface area contributed by atoms with Crippen LogP contribution in [0.15, 0.2) is 12.1 Å². The van der Waals surface area contributed by atoms with Crippen molar-refractivity contribution < 1.29 is 0 Å². The van der Waals surface area contributed by atoms with Crippen molar-refractivity contribution in [2.75, 3.05) is 18.4 Å². The summed E-state index contributed by atoms with van der Waals surface area (Å²) < 4.78 is 0. The molecule has 1 saturated heterocycles. The van der Waals surface area contributed by atoms with E-state index in [0.29, 0.717) is 6.04 Å². The van der Waals surface area contributed by atoms with E-state index in [4.69, 9.17) is 4.98 Å². The number of fused-ring (bicyclic) bond motifs is 2. The van der Waals surface area contributed by atoms with Gasteiger partial charge >= 0.3 is 0 Å². The molecule has 1 aromatic rings. The van der Waals surface area contributed by atoms with Gasteiger partial charge in [-0.1, -0.05) is 6.07 Å². The third-order valence-electron chi connectivity index (χ3n) is 4.33. The van der Waals surface area contributed by atoms with Gasteiger partial charge in [-0.05, 0) is 42.7 Å². The van der Waals surface area contributed by atoms with Crippen LogP contribution in [0, 0.1) is 11.8 Å². The van der Waals surface area contributed by atoms with Crippen LogP contribution in [0.3, 0.4) is 0 Å². The summed E-state index contributed by atoms with van der Waals surface area (Å²) in [6.07, 6.45) is 3.68. The van der Waals surface area contributed by atoms with E-state index >= 15 is 0 Å². The van der Waals surface area contributed by atoms with Crippen LogP contribution in [-0.2, 0) is 12.8 Å². The van der Waals surface area contributed by atoms with Crippen LogP contribution in [0.4, 0.5) is 5.82 Å². The summed E-state index contributed by atoms with van der Waals surface area (Å²) in [5.41, 5.74) is 2.79. The SMILES string of the molecule is c1cc2c(nc1NC1C3CNCC31)CCC2. The Morgan fingerprint density at radius 1 is 1.19 bits per heavy atom. The normalized spacial score (nSPS) is 34.6. The second-order valence-corrected chi connectivity index (χ2v) is 5.31. The van der Waals surface area contributed by atoms with Crippen LogP contribution < -0.4 is 10.6 Å². The molecule has 1 aromatic heterocycles. The highest BCUT2D eigenvalue weighted by molar-refractivity contribution is 5.43. The Bertz CT molecular complexity index is 419. The average Bonchev–Trinajstić information content (AvgIpc) is 2.78. The summed E-state index contributed by atoms with van der Waals surface area (Å²) in [4.78, 5) is 4.73. The fraction of sp³-hybridized carbons (Fsp3) is 0.615. The number of piperidine rings is 1. The zero-order valence-electron chi connectivity index (χ0n) is 9.37. The summed E-state index contributed by atoms with van der Waals surface area (Å²) in [5.74, 6) is 2.81. The summed E-state index contributed by atoms with van der Waals surface area (Å²) >= 11 is 0. The van der Waals surface area contributed by atoms with E-state index in [1.54, 1.807) is 0 Å². The number of nitrogens with one attached hydrogen (secondary N) is 2. The molecule has 0 bridgehead atoms. The zero-order valence-corrected chi connectivity index (χ0v) is 9.37. The second-order valence-electron chi connectivity index (χ2n) is 5.31. The van der Waals surface area contributed by atoms with Crippen molar-refractivity contribution in [2.24, 2.45) is 11.8 Å². The Hall–Kier alpha value is -1.09. The molecule has 4 rings (SSSR count). The summed E-state index contributed by atoms with van der Waals surface area (Å²) in [7, 11) is 0. The number of aromatic nitrogens is 1. The molecule has 3 aliphatic rings. The summed E-state index contributed by atoms with van der Waals surface area (Å²) in [5, 5.41) is 7.02. The van der Waals surface area contributed by atoms with Crippen LogP contribution in [0.25, 0.3) is 0 Å². The standard InChI is InChI=1S/C13H17N3/c1-2-8-4-5-12(15-11(8)3-1)16-13-9-6-14-7-10(9)13/h4-5,9-10,13-14H,1-3,6-7H2,(H,15,16). The van der Waals surface area contributed by atoms with Gasteiger partial charge in [-0.3, -0.25) is 0 Å². The summed E-state index contributed by atoms with van der Waals surface area (Å²) in [6, 6.07) is 5.10. The first-order valence-corrected chi connectivity index (χ1v) is 6.38. The predicted molar refractivity (Wildman–Crippen MR) is 63.5 cm³/mol. The first-order valence-electron chi connectivity index (χ1n) is 6.38. The maximum Gasteiger partial charge on any atom is 0.126 e. The van der Waals surface area contributed by atoms with E-state index in [1.807, 2.05) is 0 Å². The molecule has 84 valence electrons. The fourth-order valence-electron chi connectivity index (χ4n) is 3.30. The smallest absolute Gasteiger partial charge is 0.126 e. The molecule has 2 atom stereocenters. The van der Waals surface area contributed by atoms with Gasteiger partial charge in [0.25, 0.3) is 0 Å². The molecule has 1 aliphatic heterocycles. The van der Waals surface area contributed by atoms with Crippen molar-refractivity contribution in [2.45, 2.75) is 25.3 Å². The van der Waals surface area contributed by atoms with Gasteiger partial charge in [-0.25, -0.2) is 4.98 Å². The Morgan fingerprint density at radius 2 is 2.06 bits per heavy atom. The van der Waals surface area contributed by atoms with Gasteiger partial charge in [0, 0.05) is 24.8 Å². The Labute approximate surface area is 95.7 Å². The van der Waals surface area contributed by atoms with Gasteiger partial charge in [-0.15, -0.1) is 0 Å². The lowest BCUT2D eigenvalue weighted by Crippen LogP contribution is -2.21. The molecule has 2 fully saturated rings. The first-order chi connectivity index (χ1) is 7.92. The molecule has 1 saturated carbocycles. The highest BCUT2D eigenvalue weighted by Gasteiger charge is 2.53. The third-order valence-corrected chi connectivity index (χ3v) is 4.33. The van der Waals surface area contributed by atoms with Crippen molar-refractivity contribution in [1.82, 2.24) is 10.3 Å². The Kier molecular flexibility index (Phi) is 1.80. The number of pyridine rings is 1. The van der Waals surface area contributed by atoms with Gasteiger partial charge < -0.3 is 10.6 Å². The van der Waals surface area contributed by atoms with E-state index < -0.39 is 0 Å². The highest BCUT2D eigenvalue weighted by atomic mass is 15.1. The maximum atomic E-state index is 4.73. The van der Waals surface area contributed by atoms with E-state index in [2.05, 4.69) is 22.8 Å². The molecule has 0 amide bonds. The summed E-state index contributed by atoms with van der Waals surface area (Å²) in [6.45, 7) is 2.38. The number of hydrogen-bond donors (Lipinski definition) is 2. The molecule has 3 heteroatoms.